The Balaban J connectivity index is 1.55. The number of ether oxygens (including phenoxy) is 3. The summed E-state index contributed by atoms with van der Waals surface area (Å²) in [6, 6.07) is 19.5. The normalized spacial score (nSPS) is 20.6. The van der Waals surface area contributed by atoms with Crippen molar-refractivity contribution in [1.82, 2.24) is 9.97 Å². The molecule has 3 aliphatic heterocycles. The van der Waals surface area contributed by atoms with Gasteiger partial charge in [-0.25, -0.2) is 4.99 Å². The maximum absolute atomic E-state index is 7.19. The van der Waals surface area contributed by atoms with Crippen molar-refractivity contribution in [3.63, 3.8) is 0 Å². The van der Waals surface area contributed by atoms with Crippen molar-refractivity contribution < 1.29 is 14.2 Å². The smallest absolute Gasteiger partial charge is 0.170 e. The zero-order valence-corrected chi connectivity index (χ0v) is 44.8. The Morgan fingerprint density at radius 2 is 1.05 bits per heavy atom. The Bertz CT molecular complexity index is 2230. The highest BCUT2D eigenvalue weighted by molar-refractivity contribution is 14.1. The van der Waals surface area contributed by atoms with Crippen LogP contribution in [0, 0.1) is 0 Å². The summed E-state index contributed by atoms with van der Waals surface area (Å²) in [6.45, 7) is 13.5. The minimum atomic E-state index is -0.718. The minimum Gasteiger partial charge on any atom is -0.486 e. The lowest BCUT2D eigenvalue weighted by molar-refractivity contribution is 0.114. The van der Waals surface area contributed by atoms with E-state index in [0.29, 0.717) is 0 Å². The fraction of sp³-hybridized carbons (Fsp3) is 0.571. The van der Waals surface area contributed by atoms with E-state index >= 15 is 0 Å². The van der Waals surface area contributed by atoms with Crippen LogP contribution in [0.2, 0.25) is 0 Å². The van der Waals surface area contributed by atoms with E-state index in [1.165, 1.54) is 77.0 Å². The van der Waals surface area contributed by atoms with E-state index in [4.69, 9.17) is 24.2 Å². The highest BCUT2D eigenvalue weighted by Gasteiger charge is 2.52. The number of fused-ring (bicyclic) bond motifs is 6. The topological polar surface area (TPSA) is 84.0 Å². The molecule has 0 radical (unpaired) electrons. The van der Waals surface area contributed by atoms with E-state index in [-0.39, 0.29) is 18.3 Å². The molecule has 1 aromatic carbocycles. The van der Waals surface area contributed by atoms with Crippen LogP contribution in [-0.4, -0.2) is 43.2 Å². The summed E-state index contributed by atoms with van der Waals surface area (Å²) in [4.78, 5) is 18.9. The van der Waals surface area contributed by atoms with Gasteiger partial charge in [0.1, 0.15) is 20.5 Å². The quantitative estimate of drug-likeness (QED) is 0.0329. The molecule has 9 heteroatoms. The SMILES string of the molecule is CCCCCCCC(CC)OC1=C2C=CC(=N2)C(OC(CC)CCCCCCC)=c2ccc([nH]2)=C(OC(CC)CCCCCCC)c2ccc([nH]2)C(I)(c2ccccc2)C2(I)C=CC1=N2. The summed E-state index contributed by atoms with van der Waals surface area (Å²) >= 11 is 5.23. The van der Waals surface area contributed by atoms with Gasteiger partial charge in [-0.05, 0) is 135 Å². The minimum absolute atomic E-state index is 0.0437. The fourth-order valence-electron chi connectivity index (χ4n) is 9.23. The van der Waals surface area contributed by atoms with Crippen molar-refractivity contribution in [3.05, 3.63) is 118 Å². The molecule has 0 saturated heterocycles. The van der Waals surface area contributed by atoms with Gasteiger partial charge in [0.25, 0.3) is 0 Å². The molecular weight excluding hydrogens is 1030 g/mol. The molecular formula is C56H78I2N4O3. The second-order valence-corrected chi connectivity index (χ2v) is 21.6. The second-order valence-electron chi connectivity index (χ2n) is 18.4. The molecule has 6 rings (SSSR count). The zero-order chi connectivity index (χ0) is 46.1. The van der Waals surface area contributed by atoms with Gasteiger partial charge >= 0.3 is 0 Å². The molecule has 2 N–H and O–H groups in total. The van der Waals surface area contributed by atoms with Gasteiger partial charge in [0.15, 0.2) is 20.8 Å². The van der Waals surface area contributed by atoms with Gasteiger partial charge in [-0.3, -0.25) is 4.99 Å². The Morgan fingerprint density at radius 1 is 0.523 bits per heavy atom. The van der Waals surface area contributed by atoms with Crippen LogP contribution in [0.4, 0.5) is 0 Å². The van der Waals surface area contributed by atoms with Crippen LogP contribution < -0.4 is 10.7 Å². The maximum atomic E-state index is 7.19. The predicted molar refractivity (Wildman–Crippen MR) is 291 cm³/mol. The van der Waals surface area contributed by atoms with Crippen molar-refractivity contribution in [1.29, 1.82) is 0 Å². The number of H-pyrrole nitrogens is 2. The summed E-state index contributed by atoms with van der Waals surface area (Å²) < 4.78 is 20.2. The molecule has 354 valence electrons. The van der Waals surface area contributed by atoms with Crippen molar-refractivity contribution >= 4 is 68.1 Å². The van der Waals surface area contributed by atoms with Crippen molar-refractivity contribution in [2.24, 2.45) is 9.98 Å². The number of aliphatic imine (C=N–C) groups is 2. The Labute approximate surface area is 418 Å². The van der Waals surface area contributed by atoms with Crippen LogP contribution in [0.15, 0.2) is 100 Å². The van der Waals surface area contributed by atoms with Crippen LogP contribution in [0.25, 0.3) is 11.5 Å². The summed E-state index contributed by atoms with van der Waals surface area (Å²) in [7, 11) is 0. The van der Waals surface area contributed by atoms with E-state index in [9.17, 15) is 0 Å². The first-order valence-electron chi connectivity index (χ1n) is 25.6. The van der Waals surface area contributed by atoms with Crippen LogP contribution in [0.3, 0.4) is 0 Å². The highest BCUT2D eigenvalue weighted by Crippen LogP contribution is 2.55. The molecule has 7 nitrogen and oxygen atoms in total. The van der Waals surface area contributed by atoms with E-state index in [1.54, 1.807) is 0 Å². The first-order valence-corrected chi connectivity index (χ1v) is 27.7. The maximum Gasteiger partial charge on any atom is 0.170 e. The number of benzene rings is 1. The first kappa shape index (κ1) is 51.3. The molecule has 3 aromatic rings. The van der Waals surface area contributed by atoms with Gasteiger partial charge in [0.05, 0.1) is 34.7 Å². The lowest BCUT2D eigenvalue weighted by Crippen LogP contribution is -2.40. The monoisotopic (exact) mass is 1110 g/mol. The number of aromatic nitrogens is 2. The molecule has 0 saturated carbocycles. The van der Waals surface area contributed by atoms with Gasteiger partial charge in [0, 0.05) is 5.69 Å². The van der Waals surface area contributed by atoms with Gasteiger partial charge in [-0.2, -0.15) is 0 Å². The standard InChI is InChI=1S/C56H78I2N4O3/c1-7-13-16-19-25-30-42(10-4)63-52-45-33-34-47(59-45)53(64-43(11-5)31-26-20-17-14-8-2)49-37-38-51(61-49)56(58,41-28-23-22-24-29-41)55(57)40-39-50(62-55)54(48-36-35-46(52)60-48)65-44(12-6)32-27-21-18-15-9-3/h22-24,28-29,33-40,42-44,59,61H,7-21,25-27,30-32H2,1-6H3. The summed E-state index contributed by atoms with van der Waals surface area (Å²) in [5, 5.41) is 1.80. The molecule has 5 heterocycles. The van der Waals surface area contributed by atoms with E-state index in [0.717, 1.165) is 120 Å². The average molecular weight is 1110 g/mol. The van der Waals surface area contributed by atoms with Gasteiger partial charge in [0.2, 0.25) is 0 Å². The lowest BCUT2D eigenvalue weighted by Gasteiger charge is -2.38. The molecule has 0 fully saturated rings. The zero-order valence-electron chi connectivity index (χ0n) is 40.5. The number of halogens is 2. The van der Waals surface area contributed by atoms with Gasteiger partial charge in [-0.15, -0.1) is 0 Å². The molecule has 8 bridgehead atoms. The van der Waals surface area contributed by atoms with E-state index < -0.39 is 6.97 Å². The molecule has 2 aromatic heterocycles. The third-order valence-corrected chi connectivity index (χ3v) is 17.8. The largest absolute Gasteiger partial charge is 0.486 e. The summed E-state index contributed by atoms with van der Waals surface area (Å²) in [5.41, 5.74) is 5.52. The summed E-state index contributed by atoms with van der Waals surface area (Å²) in [5.74, 6) is 2.31. The number of alkyl halides is 2. The molecule has 0 spiro atoms. The Kier molecular flexibility index (Phi) is 20.5. The molecule has 5 atom stereocenters. The molecule has 5 unspecified atom stereocenters. The van der Waals surface area contributed by atoms with Gasteiger partial charge < -0.3 is 24.2 Å². The van der Waals surface area contributed by atoms with E-state index in [1.807, 2.05) is 0 Å². The summed E-state index contributed by atoms with van der Waals surface area (Å²) in [6.07, 6.45) is 33.1. The fourth-order valence-corrected chi connectivity index (χ4v) is 11.2. The van der Waals surface area contributed by atoms with Crippen molar-refractivity contribution in [3.8, 4) is 0 Å². The van der Waals surface area contributed by atoms with E-state index in [2.05, 4.69) is 176 Å². The molecule has 0 amide bonds. The Morgan fingerprint density at radius 3 is 1.60 bits per heavy atom. The van der Waals surface area contributed by atoms with Gasteiger partial charge in [-0.1, -0.05) is 172 Å². The number of nitrogens with one attached hydrogen (secondary N) is 2. The lowest BCUT2D eigenvalue weighted by atomic mass is 9.89. The number of nitrogens with zero attached hydrogens (tertiary/aromatic N) is 2. The number of allylic oxidation sites excluding steroid dienone is 2. The number of rotatable bonds is 28. The third-order valence-electron chi connectivity index (χ3n) is 13.3. The Hall–Kier alpha value is -3.06. The first-order chi connectivity index (χ1) is 31.7. The second kappa shape index (κ2) is 25.9. The van der Waals surface area contributed by atoms with Crippen LogP contribution >= 0.6 is 45.2 Å². The number of hydrogen-bond acceptors (Lipinski definition) is 5. The highest BCUT2D eigenvalue weighted by atomic mass is 127. The van der Waals surface area contributed by atoms with Crippen LogP contribution in [0.5, 0.6) is 0 Å². The number of hydrogen-bond donors (Lipinski definition) is 2. The number of aromatic amines is 2. The predicted octanol–water partition coefficient (Wildman–Crippen LogP) is 15.1. The van der Waals surface area contributed by atoms with Crippen molar-refractivity contribution in [2.45, 2.75) is 202 Å². The van der Waals surface area contributed by atoms with Crippen LogP contribution in [-0.2, 0) is 17.6 Å². The average Bonchev–Trinajstić information content (AvgIpc) is 4.18. The molecule has 65 heavy (non-hydrogen) atoms. The molecule has 3 aliphatic rings. The third kappa shape index (κ3) is 13.1. The van der Waals surface area contributed by atoms with Crippen molar-refractivity contribution in [2.75, 3.05) is 0 Å². The van der Waals surface area contributed by atoms with Crippen LogP contribution in [0.1, 0.15) is 193 Å². The number of unbranched alkanes of at least 4 members (excludes halogenated alkanes) is 12. The molecule has 0 aliphatic carbocycles.